The zero-order valence-electron chi connectivity index (χ0n) is 16.3. The lowest BCUT2D eigenvalue weighted by Crippen LogP contribution is -2.24. The highest BCUT2D eigenvalue weighted by Crippen LogP contribution is 2.39. The summed E-state index contributed by atoms with van der Waals surface area (Å²) in [5.74, 6) is -0.647. The second kappa shape index (κ2) is 8.04. The number of amides is 2. The summed E-state index contributed by atoms with van der Waals surface area (Å²) in [4.78, 5) is 30.3. The van der Waals surface area contributed by atoms with E-state index in [1.165, 1.54) is 23.1 Å². The maximum Gasteiger partial charge on any atom is 0.251 e. The van der Waals surface area contributed by atoms with Crippen LogP contribution in [0.1, 0.15) is 39.7 Å². The Balaban J connectivity index is 1.51. The number of thiophene rings is 1. The molecule has 0 saturated carbocycles. The summed E-state index contributed by atoms with van der Waals surface area (Å²) in [7, 11) is 0. The van der Waals surface area contributed by atoms with Crippen molar-refractivity contribution in [3.63, 3.8) is 0 Å². The molecule has 1 aliphatic rings. The second-order valence-corrected chi connectivity index (χ2v) is 9.51. The molecule has 1 aliphatic carbocycles. The van der Waals surface area contributed by atoms with Crippen LogP contribution >= 0.6 is 23.1 Å². The van der Waals surface area contributed by atoms with E-state index in [0.29, 0.717) is 10.6 Å². The molecule has 2 heterocycles. The van der Waals surface area contributed by atoms with Gasteiger partial charge in [0.1, 0.15) is 5.00 Å². The van der Waals surface area contributed by atoms with E-state index in [2.05, 4.69) is 16.4 Å². The highest BCUT2D eigenvalue weighted by atomic mass is 32.2. The van der Waals surface area contributed by atoms with Gasteiger partial charge in [-0.25, -0.2) is 4.98 Å². The summed E-state index contributed by atoms with van der Waals surface area (Å²) < 4.78 is 1.97. The zero-order valence-corrected chi connectivity index (χ0v) is 17.9. The zero-order chi connectivity index (χ0) is 20.5. The van der Waals surface area contributed by atoms with Crippen LogP contribution in [0, 0.1) is 6.92 Å². The van der Waals surface area contributed by atoms with Crippen LogP contribution < -0.4 is 11.1 Å². The van der Waals surface area contributed by atoms with Crippen LogP contribution in [0.2, 0.25) is 0 Å². The van der Waals surface area contributed by atoms with E-state index in [1.54, 1.807) is 6.20 Å². The Labute approximate surface area is 177 Å². The molecule has 4 rings (SSSR count). The van der Waals surface area contributed by atoms with Crippen LogP contribution in [0.4, 0.5) is 5.00 Å². The molecule has 0 bridgehead atoms. The number of aromatic nitrogens is 2. The molecule has 29 heavy (non-hydrogen) atoms. The van der Waals surface area contributed by atoms with Gasteiger partial charge in [-0.2, -0.15) is 0 Å². The molecule has 1 atom stereocenters. The van der Waals surface area contributed by atoms with Gasteiger partial charge in [0.05, 0.1) is 10.8 Å². The quantitative estimate of drug-likeness (QED) is 0.584. The molecule has 0 radical (unpaired) electrons. The first kappa shape index (κ1) is 19.7. The number of rotatable bonds is 6. The molecular formula is C21H22N4O2S2. The maximum atomic E-state index is 12.8. The van der Waals surface area contributed by atoms with Gasteiger partial charge < -0.3 is 11.1 Å². The van der Waals surface area contributed by atoms with Crippen LogP contribution in [0.3, 0.4) is 0 Å². The third-order valence-electron chi connectivity index (χ3n) is 4.94. The van der Waals surface area contributed by atoms with Crippen LogP contribution in [-0.2, 0) is 17.6 Å². The van der Waals surface area contributed by atoms with Crippen LogP contribution in [0.25, 0.3) is 5.69 Å². The Morgan fingerprint density at radius 2 is 2.17 bits per heavy atom. The molecule has 150 valence electrons. The molecule has 6 nitrogen and oxygen atoms in total. The van der Waals surface area contributed by atoms with E-state index in [4.69, 9.17) is 5.73 Å². The summed E-state index contributed by atoms with van der Waals surface area (Å²) in [6, 6.07) is 8.12. The van der Waals surface area contributed by atoms with Gasteiger partial charge in [-0.1, -0.05) is 23.9 Å². The van der Waals surface area contributed by atoms with E-state index in [0.717, 1.165) is 46.1 Å². The molecule has 1 unspecified atom stereocenters. The number of carbonyl (C=O) groups is 2. The molecule has 0 fully saturated rings. The Kier molecular flexibility index (Phi) is 5.47. The summed E-state index contributed by atoms with van der Waals surface area (Å²) in [6.45, 7) is 3.87. The van der Waals surface area contributed by atoms with Crippen molar-refractivity contribution < 1.29 is 9.59 Å². The summed E-state index contributed by atoms with van der Waals surface area (Å²) in [5.41, 5.74) is 9.23. The number of fused-ring (bicyclic) bond motifs is 1. The van der Waals surface area contributed by atoms with Crippen LogP contribution in [0.15, 0.2) is 41.8 Å². The molecule has 2 amide bonds. The summed E-state index contributed by atoms with van der Waals surface area (Å²) >= 11 is 2.85. The number of nitrogens with one attached hydrogen (secondary N) is 1. The third kappa shape index (κ3) is 3.95. The van der Waals surface area contributed by atoms with E-state index < -0.39 is 11.2 Å². The van der Waals surface area contributed by atoms with Crippen molar-refractivity contribution in [3.05, 3.63) is 58.2 Å². The lowest BCUT2D eigenvalue weighted by atomic mass is 10.1. The molecule has 2 aromatic heterocycles. The van der Waals surface area contributed by atoms with Gasteiger partial charge in [0.15, 0.2) is 5.16 Å². The SMILES string of the molecule is Cc1cccc(-n2ccnc2SC(C)C(=O)Nc2sc3c(c2C(N)=O)CCC3)c1. The number of aryl methyl sites for hydroxylation is 2. The number of nitrogens with two attached hydrogens (primary N) is 1. The van der Waals surface area contributed by atoms with Gasteiger partial charge >= 0.3 is 0 Å². The van der Waals surface area contributed by atoms with Crippen molar-refractivity contribution in [1.29, 1.82) is 0 Å². The molecule has 0 aliphatic heterocycles. The minimum absolute atomic E-state index is 0.170. The Bertz CT molecular complexity index is 1090. The van der Waals surface area contributed by atoms with Crippen molar-refractivity contribution in [2.24, 2.45) is 5.73 Å². The first-order chi connectivity index (χ1) is 13.9. The van der Waals surface area contributed by atoms with Gasteiger partial charge in [0.2, 0.25) is 5.91 Å². The molecule has 0 saturated heterocycles. The van der Waals surface area contributed by atoms with Crippen LogP contribution in [0.5, 0.6) is 0 Å². The number of benzene rings is 1. The third-order valence-corrected chi connectivity index (χ3v) is 7.23. The fraction of sp³-hybridized carbons (Fsp3) is 0.286. The fourth-order valence-electron chi connectivity index (χ4n) is 3.53. The van der Waals surface area contributed by atoms with Crippen molar-refractivity contribution in [2.45, 2.75) is 43.5 Å². The van der Waals surface area contributed by atoms with Crippen molar-refractivity contribution in [1.82, 2.24) is 9.55 Å². The van der Waals surface area contributed by atoms with Gasteiger partial charge in [0.25, 0.3) is 5.91 Å². The molecular weight excluding hydrogens is 404 g/mol. The number of thioether (sulfide) groups is 1. The fourth-order valence-corrected chi connectivity index (χ4v) is 5.71. The Morgan fingerprint density at radius 3 is 2.93 bits per heavy atom. The Hall–Kier alpha value is -2.58. The monoisotopic (exact) mass is 426 g/mol. The number of anilines is 1. The first-order valence-electron chi connectivity index (χ1n) is 9.46. The van der Waals surface area contributed by atoms with E-state index >= 15 is 0 Å². The Morgan fingerprint density at radius 1 is 1.34 bits per heavy atom. The summed E-state index contributed by atoms with van der Waals surface area (Å²) in [5, 5.41) is 3.84. The summed E-state index contributed by atoms with van der Waals surface area (Å²) in [6.07, 6.45) is 6.43. The number of nitrogens with zero attached hydrogens (tertiary/aromatic N) is 2. The van der Waals surface area contributed by atoms with Gasteiger partial charge in [-0.15, -0.1) is 11.3 Å². The lowest BCUT2D eigenvalue weighted by Gasteiger charge is -2.13. The van der Waals surface area contributed by atoms with E-state index in [1.807, 2.05) is 42.8 Å². The van der Waals surface area contributed by atoms with Crippen molar-refractivity contribution in [2.75, 3.05) is 5.32 Å². The number of hydrogen-bond acceptors (Lipinski definition) is 5. The van der Waals surface area contributed by atoms with Crippen molar-refractivity contribution >= 4 is 39.9 Å². The van der Waals surface area contributed by atoms with E-state index in [9.17, 15) is 9.59 Å². The molecule has 0 spiro atoms. The highest BCUT2D eigenvalue weighted by molar-refractivity contribution is 8.00. The molecule has 1 aromatic carbocycles. The molecule has 8 heteroatoms. The predicted molar refractivity (Wildman–Crippen MR) is 117 cm³/mol. The molecule has 3 N–H and O–H groups in total. The smallest absolute Gasteiger partial charge is 0.251 e. The van der Waals surface area contributed by atoms with Crippen molar-refractivity contribution in [3.8, 4) is 5.69 Å². The topological polar surface area (TPSA) is 90.0 Å². The number of hydrogen-bond donors (Lipinski definition) is 2. The van der Waals surface area contributed by atoms with Gasteiger partial charge in [0, 0.05) is 23.0 Å². The maximum absolute atomic E-state index is 12.8. The second-order valence-electron chi connectivity index (χ2n) is 7.09. The minimum Gasteiger partial charge on any atom is -0.365 e. The van der Waals surface area contributed by atoms with Gasteiger partial charge in [-0.3, -0.25) is 14.2 Å². The lowest BCUT2D eigenvalue weighted by molar-refractivity contribution is -0.115. The average molecular weight is 427 g/mol. The molecule has 3 aromatic rings. The first-order valence-corrected chi connectivity index (χ1v) is 11.2. The normalized spacial score (nSPS) is 13.9. The van der Waals surface area contributed by atoms with Gasteiger partial charge in [-0.05, 0) is 56.4 Å². The average Bonchev–Trinajstić information content (AvgIpc) is 3.37. The van der Waals surface area contributed by atoms with E-state index in [-0.39, 0.29) is 5.91 Å². The predicted octanol–water partition coefficient (Wildman–Crippen LogP) is 3.95. The van der Waals surface area contributed by atoms with Crippen LogP contribution in [-0.4, -0.2) is 26.6 Å². The minimum atomic E-state index is -0.477. The highest BCUT2D eigenvalue weighted by Gasteiger charge is 2.27. The number of primary amides is 1. The number of imidazole rings is 1. The largest absolute Gasteiger partial charge is 0.365 e. The number of carbonyl (C=O) groups excluding carboxylic acids is 2. The standard InChI is InChI=1S/C21H22N4O2S2/c1-12-5-3-6-14(11-12)25-10-9-23-21(25)28-13(2)19(27)24-20-17(18(22)26)15-7-4-8-16(15)29-20/h3,5-6,9-11,13H,4,7-8H2,1-2H3,(H2,22,26)(H,24,27).